The fourth-order valence-electron chi connectivity index (χ4n) is 1.81. The van der Waals surface area contributed by atoms with Crippen LogP contribution in [0.5, 0.6) is 5.75 Å². The summed E-state index contributed by atoms with van der Waals surface area (Å²) in [4.78, 5) is 11.7. The molecule has 3 N–H and O–H groups in total. The van der Waals surface area contributed by atoms with Crippen LogP contribution in [-0.4, -0.2) is 38.8 Å². The summed E-state index contributed by atoms with van der Waals surface area (Å²) in [7, 11) is 3.15. The molecule has 0 aliphatic rings. The molecule has 0 aliphatic heterocycles. The molecule has 0 spiro atoms. The van der Waals surface area contributed by atoms with Crippen LogP contribution in [0.3, 0.4) is 0 Å². The summed E-state index contributed by atoms with van der Waals surface area (Å²) in [5.41, 5.74) is 6.76. The predicted octanol–water partition coefficient (Wildman–Crippen LogP) is 1.14. The topological polar surface area (TPSA) is 73.6 Å². The minimum absolute atomic E-state index is 0. The van der Waals surface area contributed by atoms with Crippen molar-refractivity contribution in [2.75, 3.05) is 20.8 Å². The van der Waals surface area contributed by atoms with Gasteiger partial charge in [-0.15, -0.1) is 12.4 Å². The average Bonchev–Trinajstić information content (AvgIpc) is 2.39. The number of benzene rings is 1. The lowest BCUT2D eigenvalue weighted by Crippen LogP contribution is -2.47. The van der Waals surface area contributed by atoms with Gasteiger partial charge in [-0.25, -0.2) is 0 Å². The van der Waals surface area contributed by atoms with Crippen molar-refractivity contribution in [1.29, 1.82) is 0 Å². The van der Waals surface area contributed by atoms with Gasteiger partial charge in [0.15, 0.2) is 0 Å². The third-order valence-electron chi connectivity index (χ3n) is 2.75. The van der Waals surface area contributed by atoms with Crippen LogP contribution < -0.4 is 15.8 Å². The minimum atomic E-state index is -0.627. The van der Waals surface area contributed by atoms with Crippen molar-refractivity contribution >= 4 is 18.3 Å². The molecule has 1 amide bonds. The van der Waals surface area contributed by atoms with Gasteiger partial charge in [0, 0.05) is 13.2 Å². The Morgan fingerprint density at radius 3 is 2.70 bits per heavy atom. The van der Waals surface area contributed by atoms with Gasteiger partial charge >= 0.3 is 0 Å². The van der Waals surface area contributed by atoms with Crippen LogP contribution >= 0.6 is 12.4 Å². The van der Waals surface area contributed by atoms with Crippen molar-refractivity contribution in [1.82, 2.24) is 5.32 Å². The van der Waals surface area contributed by atoms with E-state index in [2.05, 4.69) is 5.32 Å². The normalized spacial score (nSPS) is 13.0. The van der Waals surface area contributed by atoms with E-state index >= 15 is 0 Å². The highest BCUT2D eigenvalue weighted by atomic mass is 35.5. The van der Waals surface area contributed by atoms with Crippen molar-refractivity contribution in [3.63, 3.8) is 0 Å². The molecule has 114 valence electrons. The van der Waals surface area contributed by atoms with E-state index in [4.69, 9.17) is 15.2 Å². The summed E-state index contributed by atoms with van der Waals surface area (Å²) < 4.78 is 10.0. The molecule has 0 saturated carbocycles. The number of hydrogen-bond acceptors (Lipinski definition) is 4. The Morgan fingerprint density at radius 1 is 1.40 bits per heavy atom. The monoisotopic (exact) mass is 302 g/mol. The standard InChI is InChI=1S/C14H22N2O3.ClH/c1-10(16-14(17)13(15)9-18-2)7-11-5-4-6-12(8-11)19-3;/h4-6,8,10,13H,7,9,15H2,1-3H3,(H,16,17);1H. The van der Waals surface area contributed by atoms with E-state index in [-0.39, 0.29) is 31.0 Å². The lowest BCUT2D eigenvalue weighted by Gasteiger charge is -2.17. The van der Waals surface area contributed by atoms with E-state index in [1.54, 1.807) is 7.11 Å². The molecule has 1 rings (SSSR count). The predicted molar refractivity (Wildman–Crippen MR) is 81.4 cm³/mol. The van der Waals surface area contributed by atoms with Crippen LogP contribution in [0.15, 0.2) is 24.3 Å². The SMILES string of the molecule is COCC(N)C(=O)NC(C)Cc1cccc(OC)c1.Cl. The molecule has 0 radical (unpaired) electrons. The molecule has 6 heteroatoms. The molecule has 0 aliphatic carbocycles. The molecule has 20 heavy (non-hydrogen) atoms. The van der Waals surface area contributed by atoms with Gasteiger partial charge in [0.2, 0.25) is 5.91 Å². The van der Waals surface area contributed by atoms with E-state index in [1.807, 2.05) is 31.2 Å². The van der Waals surface area contributed by atoms with Gasteiger partial charge in [-0.05, 0) is 31.0 Å². The lowest BCUT2D eigenvalue weighted by molar-refractivity contribution is -0.124. The number of ether oxygens (including phenoxy) is 2. The smallest absolute Gasteiger partial charge is 0.239 e. The maximum absolute atomic E-state index is 11.7. The largest absolute Gasteiger partial charge is 0.497 e. The first-order valence-electron chi connectivity index (χ1n) is 6.24. The maximum atomic E-state index is 11.7. The van der Waals surface area contributed by atoms with Crippen molar-refractivity contribution in [3.05, 3.63) is 29.8 Å². The Bertz CT molecular complexity index is 415. The zero-order chi connectivity index (χ0) is 14.3. The number of methoxy groups -OCH3 is 2. The summed E-state index contributed by atoms with van der Waals surface area (Å²) in [6.45, 7) is 2.16. The number of hydrogen-bond donors (Lipinski definition) is 2. The van der Waals surface area contributed by atoms with Gasteiger partial charge in [-0.1, -0.05) is 12.1 Å². The van der Waals surface area contributed by atoms with Gasteiger partial charge in [-0.2, -0.15) is 0 Å². The van der Waals surface area contributed by atoms with E-state index in [0.717, 1.165) is 17.7 Å². The summed E-state index contributed by atoms with van der Waals surface area (Å²) in [6, 6.07) is 7.15. The third-order valence-corrected chi connectivity index (χ3v) is 2.75. The van der Waals surface area contributed by atoms with Gasteiger partial charge in [0.25, 0.3) is 0 Å². The molecule has 1 aromatic carbocycles. The number of halogens is 1. The second-order valence-corrected chi connectivity index (χ2v) is 4.53. The second kappa shape index (κ2) is 9.58. The Hall–Kier alpha value is -1.30. The fourth-order valence-corrected chi connectivity index (χ4v) is 1.81. The van der Waals surface area contributed by atoms with Gasteiger partial charge in [0.1, 0.15) is 11.8 Å². The minimum Gasteiger partial charge on any atom is -0.497 e. The van der Waals surface area contributed by atoms with Crippen LogP contribution in [0.2, 0.25) is 0 Å². The number of rotatable bonds is 7. The van der Waals surface area contributed by atoms with Crippen LogP contribution in [0, 0.1) is 0 Å². The highest BCUT2D eigenvalue weighted by Gasteiger charge is 2.15. The molecular formula is C14H23ClN2O3. The van der Waals surface area contributed by atoms with E-state index in [0.29, 0.717) is 0 Å². The second-order valence-electron chi connectivity index (χ2n) is 4.53. The number of carbonyl (C=O) groups excluding carboxylic acids is 1. The Morgan fingerprint density at radius 2 is 2.10 bits per heavy atom. The van der Waals surface area contributed by atoms with Gasteiger partial charge in [0.05, 0.1) is 13.7 Å². The first-order valence-corrected chi connectivity index (χ1v) is 6.24. The fraction of sp³-hybridized carbons (Fsp3) is 0.500. The summed E-state index contributed by atoms with van der Waals surface area (Å²) in [5, 5.41) is 2.87. The highest BCUT2D eigenvalue weighted by molar-refractivity contribution is 5.85. The molecule has 2 unspecified atom stereocenters. The molecule has 2 atom stereocenters. The van der Waals surface area contributed by atoms with Gasteiger partial charge < -0.3 is 20.5 Å². The van der Waals surface area contributed by atoms with Crippen molar-refractivity contribution < 1.29 is 14.3 Å². The van der Waals surface area contributed by atoms with Crippen LogP contribution in [-0.2, 0) is 16.0 Å². The highest BCUT2D eigenvalue weighted by Crippen LogP contribution is 2.13. The summed E-state index contributed by atoms with van der Waals surface area (Å²) in [6.07, 6.45) is 0.725. The number of carbonyl (C=O) groups is 1. The number of nitrogens with one attached hydrogen (secondary N) is 1. The molecule has 0 fully saturated rings. The molecule has 0 saturated heterocycles. The Balaban J connectivity index is 0.00000361. The zero-order valence-corrected chi connectivity index (χ0v) is 12.9. The molecule has 0 aromatic heterocycles. The molecule has 5 nitrogen and oxygen atoms in total. The lowest BCUT2D eigenvalue weighted by atomic mass is 10.1. The first kappa shape index (κ1) is 18.7. The number of amides is 1. The summed E-state index contributed by atoms with van der Waals surface area (Å²) in [5.74, 6) is 0.615. The molecule has 1 aromatic rings. The molecule has 0 bridgehead atoms. The van der Waals surface area contributed by atoms with E-state index < -0.39 is 6.04 Å². The molecule has 0 heterocycles. The van der Waals surface area contributed by atoms with Crippen molar-refractivity contribution in [3.8, 4) is 5.75 Å². The average molecular weight is 303 g/mol. The van der Waals surface area contributed by atoms with Crippen LogP contribution in [0.25, 0.3) is 0 Å². The first-order chi connectivity index (χ1) is 9.06. The van der Waals surface area contributed by atoms with E-state index in [1.165, 1.54) is 7.11 Å². The quantitative estimate of drug-likeness (QED) is 0.792. The maximum Gasteiger partial charge on any atom is 0.239 e. The third kappa shape index (κ3) is 6.23. The van der Waals surface area contributed by atoms with Crippen molar-refractivity contribution in [2.24, 2.45) is 5.73 Å². The van der Waals surface area contributed by atoms with Crippen molar-refractivity contribution in [2.45, 2.75) is 25.4 Å². The van der Waals surface area contributed by atoms with E-state index in [9.17, 15) is 4.79 Å². The Kier molecular flexibility index (Phi) is 8.96. The zero-order valence-electron chi connectivity index (χ0n) is 12.1. The van der Waals surface area contributed by atoms with Gasteiger partial charge in [-0.3, -0.25) is 4.79 Å². The molecular weight excluding hydrogens is 280 g/mol. The van der Waals surface area contributed by atoms with Crippen LogP contribution in [0.1, 0.15) is 12.5 Å². The summed E-state index contributed by atoms with van der Waals surface area (Å²) >= 11 is 0. The van der Waals surface area contributed by atoms with Crippen LogP contribution in [0.4, 0.5) is 0 Å². The number of nitrogens with two attached hydrogens (primary N) is 1. The Labute approximate surface area is 126 Å².